The largest absolute Gasteiger partial charge is 0.313 e. The van der Waals surface area contributed by atoms with E-state index in [0.717, 1.165) is 12.5 Å². The molecule has 0 aliphatic carbocycles. The Labute approximate surface area is 108 Å². The monoisotopic (exact) mass is 240 g/mol. The molecule has 1 rings (SSSR count). The van der Waals surface area contributed by atoms with E-state index >= 15 is 0 Å². The van der Waals surface area contributed by atoms with Gasteiger partial charge in [-0.2, -0.15) is 0 Å². The molecule has 1 saturated heterocycles. The molecule has 1 N–H and O–H groups in total. The minimum absolute atomic E-state index is 0.619. The first-order chi connectivity index (χ1) is 8.19. The van der Waals surface area contributed by atoms with Crippen molar-refractivity contribution >= 4 is 0 Å². The van der Waals surface area contributed by atoms with Crippen LogP contribution in [0, 0.1) is 5.92 Å². The first-order valence-corrected chi connectivity index (χ1v) is 7.66. The third-order valence-corrected chi connectivity index (χ3v) is 4.48. The molecule has 2 nitrogen and oxygen atoms in total. The van der Waals surface area contributed by atoms with Gasteiger partial charge in [-0.1, -0.05) is 20.3 Å². The number of likely N-dealkylation sites (tertiary alicyclic amines) is 1. The first kappa shape index (κ1) is 15.0. The third kappa shape index (κ3) is 4.97. The van der Waals surface area contributed by atoms with Crippen molar-refractivity contribution in [1.29, 1.82) is 0 Å². The van der Waals surface area contributed by atoms with Crippen LogP contribution in [0.15, 0.2) is 0 Å². The van der Waals surface area contributed by atoms with E-state index in [4.69, 9.17) is 0 Å². The van der Waals surface area contributed by atoms with E-state index in [0.29, 0.717) is 12.1 Å². The lowest BCUT2D eigenvalue weighted by atomic mass is 9.98. The highest BCUT2D eigenvalue weighted by molar-refractivity contribution is 4.80. The maximum absolute atomic E-state index is 3.63. The fraction of sp³-hybridized carbons (Fsp3) is 1.00. The summed E-state index contributed by atoms with van der Waals surface area (Å²) in [6, 6.07) is 1.30. The van der Waals surface area contributed by atoms with Gasteiger partial charge in [0.25, 0.3) is 0 Å². The Balaban J connectivity index is 2.37. The van der Waals surface area contributed by atoms with Gasteiger partial charge in [0.2, 0.25) is 0 Å². The summed E-state index contributed by atoms with van der Waals surface area (Å²) in [5.41, 5.74) is 0. The zero-order chi connectivity index (χ0) is 12.7. The highest BCUT2D eigenvalue weighted by Crippen LogP contribution is 2.22. The quantitative estimate of drug-likeness (QED) is 0.766. The van der Waals surface area contributed by atoms with Crippen LogP contribution in [0.2, 0.25) is 0 Å². The molecular formula is C15H32N2. The van der Waals surface area contributed by atoms with Crippen molar-refractivity contribution < 1.29 is 0 Å². The average Bonchev–Trinajstić information content (AvgIpc) is 2.60. The van der Waals surface area contributed by atoms with Crippen LogP contribution in [0.5, 0.6) is 0 Å². The fourth-order valence-corrected chi connectivity index (χ4v) is 2.86. The SMILES string of the molecule is CCCNC(C)C(C)N1CCCC(CC)CC1. The van der Waals surface area contributed by atoms with E-state index in [1.807, 2.05) is 0 Å². The van der Waals surface area contributed by atoms with Crippen molar-refractivity contribution in [2.24, 2.45) is 5.92 Å². The van der Waals surface area contributed by atoms with Gasteiger partial charge in [-0.05, 0) is 65.1 Å². The van der Waals surface area contributed by atoms with E-state index in [1.54, 1.807) is 0 Å². The molecule has 1 aliphatic heterocycles. The number of nitrogens with zero attached hydrogens (tertiary/aromatic N) is 1. The van der Waals surface area contributed by atoms with Gasteiger partial charge in [0.05, 0.1) is 0 Å². The molecule has 3 atom stereocenters. The summed E-state index contributed by atoms with van der Waals surface area (Å²) >= 11 is 0. The number of rotatable bonds is 6. The van der Waals surface area contributed by atoms with Crippen molar-refractivity contribution in [3.8, 4) is 0 Å². The van der Waals surface area contributed by atoms with Crippen LogP contribution >= 0.6 is 0 Å². The van der Waals surface area contributed by atoms with Crippen molar-refractivity contribution in [1.82, 2.24) is 10.2 Å². The minimum atomic E-state index is 0.619. The van der Waals surface area contributed by atoms with Gasteiger partial charge in [0, 0.05) is 12.1 Å². The highest BCUT2D eigenvalue weighted by Gasteiger charge is 2.22. The van der Waals surface area contributed by atoms with Crippen LogP contribution in [0.4, 0.5) is 0 Å². The molecule has 0 spiro atoms. The molecular weight excluding hydrogens is 208 g/mol. The summed E-state index contributed by atoms with van der Waals surface area (Å²) in [5, 5.41) is 3.63. The molecule has 102 valence electrons. The van der Waals surface area contributed by atoms with Gasteiger partial charge in [0.1, 0.15) is 0 Å². The Morgan fingerprint density at radius 2 is 1.94 bits per heavy atom. The molecule has 0 amide bonds. The molecule has 0 bridgehead atoms. The first-order valence-electron chi connectivity index (χ1n) is 7.66. The second-order valence-electron chi connectivity index (χ2n) is 5.72. The minimum Gasteiger partial charge on any atom is -0.313 e. The predicted molar refractivity (Wildman–Crippen MR) is 76.4 cm³/mol. The van der Waals surface area contributed by atoms with E-state index < -0.39 is 0 Å². The van der Waals surface area contributed by atoms with E-state index in [-0.39, 0.29) is 0 Å². The van der Waals surface area contributed by atoms with Crippen molar-refractivity contribution in [2.45, 2.75) is 71.9 Å². The van der Waals surface area contributed by atoms with Gasteiger partial charge in [-0.25, -0.2) is 0 Å². The van der Waals surface area contributed by atoms with Crippen molar-refractivity contribution in [3.05, 3.63) is 0 Å². The van der Waals surface area contributed by atoms with Gasteiger partial charge < -0.3 is 5.32 Å². The maximum atomic E-state index is 3.63. The van der Waals surface area contributed by atoms with Crippen LogP contribution in [0.1, 0.15) is 59.8 Å². The summed E-state index contributed by atoms with van der Waals surface area (Å²) in [7, 11) is 0. The van der Waals surface area contributed by atoms with Crippen LogP contribution in [-0.4, -0.2) is 36.6 Å². The molecule has 1 aliphatic rings. The molecule has 0 saturated carbocycles. The Kier molecular flexibility index (Phi) is 7.14. The molecule has 1 heterocycles. The molecule has 17 heavy (non-hydrogen) atoms. The Morgan fingerprint density at radius 3 is 2.59 bits per heavy atom. The molecule has 0 radical (unpaired) electrons. The standard InChI is InChI=1S/C15H32N2/c1-5-10-16-13(3)14(4)17-11-7-8-15(6-2)9-12-17/h13-16H,5-12H2,1-4H3. The van der Waals surface area contributed by atoms with Gasteiger partial charge in [0.15, 0.2) is 0 Å². The normalized spacial score (nSPS) is 26.5. The topological polar surface area (TPSA) is 15.3 Å². The number of nitrogens with one attached hydrogen (secondary N) is 1. The summed E-state index contributed by atoms with van der Waals surface area (Å²) in [4.78, 5) is 2.70. The van der Waals surface area contributed by atoms with E-state index in [1.165, 1.54) is 45.2 Å². The van der Waals surface area contributed by atoms with Crippen molar-refractivity contribution in [3.63, 3.8) is 0 Å². The van der Waals surface area contributed by atoms with Gasteiger partial charge >= 0.3 is 0 Å². The molecule has 1 fully saturated rings. The predicted octanol–water partition coefficient (Wildman–Crippen LogP) is 3.28. The Bertz CT molecular complexity index is 193. The molecule has 0 aromatic heterocycles. The smallest absolute Gasteiger partial charge is 0.0218 e. The second-order valence-corrected chi connectivity index (χ2v) is 5.72. The Morgan fingerprint density at radius 1 is 1.18 bits per heavy atom. The molecule has 2 heteroatoms. The second kappa shape index (κ2) is 8.10. The van der Waals surface area contributed by atoms with Gasteiger partial charge in [-0.3, -0.25) is 4.90 Å². The van der Waals surface area contributed by atoms with E-state index in [2.05, 4.69) is 37.9 Å². The summed E-state index contributed by atoms with van der Waals surface area (Å²) in [6.45, 7) is 13.1. The fourth-order valence-electron chi connectivity index (χ4n) is 2.86. The lowest BCUT2D eigenvalue weighted by molar-refractivity contribution is 0.179. The third-order valence-electron chi connectivity index (χ3n) is 4.48. The summed E-state index contributed by atoms with van der Waals surface area (Å²) < 4.78 is 0. The zero-order valence-electron chi connectivity index (χ0n) is 12.3. The zero-order valence-corrected chi connectivity index (χ0v) is 12.3. The van der Waals surface area contributed by atoms with Gasteiger partial charge in [-0.15, -0.1) is 0 Å². The van der Waals surface area contributed by atoms with Crippen LogP contribution in [0.25, 0.3) is 0 Å². The average molecular weight is 240 g/mol. The molecule has 0 aromatic carbocycles. The highest BCUT2D eigenvalue weighted by atomic mass is 15.2. The Hall–Kier alpha value is -0.0800. The lowest BCUT2D eigenvalue weighted by Gasteiger charge is -2.32. The maximum Gasteiger partial charge on any atom is 0.0218 e. The van der Waals surface area contributed by atoms with E-state index in [9.17, 15) is 0 Å². The summed E-state index contributed by atoms with van der Waals surface area (Å²) in [5.74, 6) is 0.978. The molecule has 3 unspecified atom stereocenters. The lowest BCUT2D eigenvalue weighted by Crippen LogP contribution is -2.47. The van der Waals surface area contributed by atoms with Crippen LogP contribution in [0.3, 0.4) is 0 Å². The number of hydrogen-bond donors (Lipinski definition) is 1. The van der Waals surface area contributed by atoms with Crippen molar-refractivity contribution in [2.75, 3.05) is 19.6 Å². The van der Waals surface area contributed by atoms with Crippen LogP contribution < -0.4 is 5.32 Å². The summed E-state index contributed by atoms with van der Waals surface area (Å²) in [6.07, 6.45) is 6.84. The number of hydrogen-bond acceptors (Lipinski definition) is 2. The van der Waals surface area contributed by atoms with Crippen LogP contribution in [-0.2, 0) is 0 Å². The molecule has 0 aromatic rings.